The molecule has 4 nitrogen and oxygen atoms in total. The number of halogens is 1. The molecule has 0 aromatic rings. The summed E-state index contributed by atoms with van der Waals surface area (Å²) < 4.78 is 18.0. The van der Waals surface area contributed by atoms with E-state index in [1.807, 2.05) is 6.92 Å². The third-order valence-electron chi connectivity index (χ3n) is 2.53. The summed E-state index contributed by atoms with van der Waals surface area (Å²) in [5.74, 6) is -0.0464. The minimum absolute atomic E-state index is 0.0464. The number of carbonyl (C=O) groups is 1. The van der Waals surface area contributed by atoms with Gasteiger partial charge in [-0.2, -0.15) is 0 Å². The number of hydrogen-bond acceptors (Lipinski definition) is 3. The topological polar surface area (TPSA) is 41.6 Å². The molecule has 1 fully saturated rings. The predicted molar refractivity (Wildman–Crippen MR) is 55.4 cm³/mol. The monoisotopic (exact) mass is 218 g/mol. The molecule has 1 N–H and O–H groups in total. The highest BCUT2D eigenvalue weighted by atomic mass is 19.1. The number of rotatable bonds is 5. The van der Waals surface area contributed by atoms with Crippen molar-refractivity contribution in [3.8, 4) is 0 Å². The summed E-state index contributed by atoms with van der Waals surface area (Å²) in [6.45, 7) is 3.94. The number of nitrogens with one attached hydrogen (secondary N) is 1. The zero-order chi connectivity index (χ0) is 11.3. The quantitative estimate of drug-likeness (QED) is 0.669. The van der Waals surface area contributed by atoms with Crippen molar-refractivity contribution in [2.24, 2.45) is 0 Å². The first-order valence-corrected chi connectivity index (χ1v) is 5.35. The highest BCUT2D eigenvalue weighted by molar-refractivity contribution is 5.82. The van der Waals surface area contributed by atoms with Crippen LogP contribution in [0.15, 0.2) is 0 Å². The second kappa shape index (κ2) is 6.02. The van der Waals surface area contributed by atoms with E-state index in [-0.39, 0.29) is 24.9 Å². The molecule has 0 spiro atoms. The van der Waals surface area contributed by atoms with E-state index in [1.165, 1.54) is 0 Å². The molecule has 1 rings (SSSR count). The fourth-order valence-corrected chi connectivity index (χ4v) is 1.60. The van der Waals surface area contributed by atoms with Crippen molar-refractivity contribution in [2.75, 3.05) is 33.4 Å². The molecule has 1 amide bonds. The summed E-state index contributed by atoms with van der Waals surface area (Å²) >= 11 is 0. The molecule has 1 heterocycles. The first kappa shape index (κ1) is 12.4. The van der Waals surface area contributed by atoms with Crippen LogP contribution < -0.4 is 5.32 Å². The third-order valence-corrected chi connectivity index (χ3v) is 2.53. The van der Waals surface area contributed by atoms with Gasteiger partial charge in [-0.1, -0.05) is 0 Å². The molecule has 0 aromatic carbocycles. The van der Waals surface area contributed by atoms with E-state index in [1.54, 1.807) is 11.9 Å². The van der Waals surface area contributed by atoms with Gasteiger partial charge in [0.1, 0.15) is 6.17 Å². The molecule has 2 atom stereocenters. The molecule has 0 bridgehead atoms. The van der Waals surface area contributed by atoms with Crippen LogP contribution in [0.1, 0.15) is 13.3 Å². The Morgan fingerprint density at radius 3 is 2.93 bits per heavy atom. The van der Waals surface area contributed by atoms with Crippen molar-refractivity contribution >= 4 is 5.91 Å². The summed E-state index contributed by atoms with van der Waals surface area (Å²) in [6, 6.07) is -0.355. The van der Waals surface area contributed by atoms with Crippen LogP contribution in [0.25, 0.3) is 0 Å². The van der Waals surface area contributed by atoms with Crippen LogP contribution in [-0.2, 0) is 9.53 Å². The highest BCUT2D eigenvalue weighted by Gasteiger charge is 2.30. The van der Waals surface area contributed by atoms with Gasteiger partial charge in [0.05, 0.1) is 12.6 Å². The van der Waals surface area contributed by atoms with Gasteiger partial charge in [-0.3, -0.25) is 4.79 Å². The number of alkyl halides is 1. The molecule has 1 saturated heterocycles. The Balaban J connectivity index is 2.26. The molecular weight excluding hydrogens is 199 g/mol. The standard InChI is InChI=1S/C10H19FN2O2/c1-3-15-5-4-13(2)10(14)9-6-8(11)7-12-9/h8-9,12H,3-7H2,1-2H3/t8-,9-/m0/s1. The van der Waals surface area contributed by atoms with Crippen LogP contribution in [-0.4, -0.2) is 56.4 Å². The van der Waals surface area contributed by atoms with Crippen LogP contribution in [0, 0.1) is 0 Å². The van der Waals surface area contributed by atoms with Crippen molar-refractivity contribution in [1.82, 2.24) is 10.2 Å². The molecule has 0 saturated carbocycles. The zero-order valence-electron chi connectivity index (χ0n) is 9.33. The number of hydrogen-bond donors (Lipinski definition) is 1. The smallest absolute Gasteiger partial charge is 0.239 e. The van der Waals surface area contributed by atoms with Crippen LogP contribution in [0.5, 0.6) is 0 Å². The lowest BCUT2D eigenvalue weighted by molar-refractivity contribution is -0.132. The molecule has 0 aliphatic carbocycles. The van der Waals surface area contributed by atoms with E-state index in [4.69, 9.17) is 4.74 Å². The van der Waals surface area contributed by atoms with E-state index in [0.29, 0.717) is 19.8 Å². The van der Waals surface area contributed by atoms with Crippen molar-refractivity contribution in [3.63, 3.8) is 0 Å². The zero-order valence-corrected chi connectivity index (χ0v) is 9.33. The average molecular weight is 218 g/mol. The first-order valence-electron chi connectivity index (χ1n) is 5.35. The Morgan fingerprint density at radius 2 is 2.40 bits per heavy atom. The van der Waals surface area contributed by atoms with Crippen molar-refractivity contribution in [1.29, 1.82) is 0 Å². The Hall–Kier alpha value is -0.680. The van der Waals surface area contributed by atoms with Gasteiger partial charge in [-0.25, -0.2) is 4.39 Å². The van der Waals surface area contributed by atoms with E-state index in [9.17, 15) is 9.18 Å². The van der Waals surface area contributed by atoms with Gasteiger partial charge in [0.2, 0.25) is 5.91 Å². The fraction of sp³-hybridized carbons (Fsp3) is 0.900. The highest BCUT2D eigenvalue weighted by Crippen LogP contribution is 2.11. The van der Waals surface area contributed by atoms with Gasteiger partial charge in [-0.05, 0) is 6.92 Å². The summed E-state index contributed by atoms with van der Waals surface area (Å²) in [5.41, 5.74) is 0. The van der Waals surface area contributed by atoms with Crippen LogP contribution >= 0.6 is 0 Å². The van der Waals surface area contributed by atoms with E-state index in [2.05, 4.69) is 5.32 Å². The lowest BCUT2D eigenvalue weighted by atomic mass is 10.2. The molecule has 88 valence electrons. The summed E-state index contributed by atoms with van der Waals surface area (Å²) in [4.78, 5) is 13.3. The predicted octanol–water partition coefficient (Wildman–Crippen LogP) is 0.181. The van der Waals surface area contributed by atoms with Gasteiger partial charge < -0.3 is 15.0 Å². The van der Waals surface area contributed by atoms with E-state index in [0.717, 1.165) is 0 Å². The molecule has 15 heavy (non-hydrogen) atoms. The van der Waals surface area contributed by atoms with Crippen LogP contribution in [0.2, 0.25) is 0 Å². The van der Waals surface area contributed by atoms with Crippen molar-refractivity contribution in [3.05, 3.63) is 0 Å². The van der Waals surface area contributed by atoms with E-state index < -0.39 is 6.17 Å². The summed E-state index contributed by atoms with van der Waals surface area (Å²) in [7, 11) is 1.72. The van der Waals surface area contributed by atoms with Gasteiger partial charge >= 0.3 is 0 Å². The van der Waals surface area contributed by atoms with Gasteiger partial charge in [-0.15, -0.1) is 0 Å². The Kier molecular flexibility index (Phi) is 4.98. The number of ether oxygens (including phenoxy) is 1. The molecule has 0 radical (unpaired) electrons. The molecule has 0 unspecified atom stereocenters. The average Bonchev–Trinajstić information content (AvgIpc) is 2.64. The minimum Gasteiger partial charge on any atom is -0.380 e. The lowest BCUT2D eigenvalue weighted by Gasteiger charge is -2.20. The largest absolute Gasteiger partial charge is 0.380 e. The SMILES string of the molecule is CCOCCN(C)C(=O)[C@@H]1C[C@H](F)CN1. The van der Waals surface area contributed by atoms with Gasteiger partial charge in [0, 0.05) is 33.2 Å². The van der Waals surface area contributed by atoms with Crippen LogP contribution in [0.3, 0.4) is 0 Å². The maximum Gasteiger partial charge on any atom is 0.239 e. The Labute approximate surface area is 89.8 Å². The summed E-state index contributed by atoms with van der Waals surface area (Å²) in [6.07, 6.45) is -0.600. The first-order chi connectivity index (χ1) is 7.15. The Morgan fingerprint density at radius 1 is 1.67 bits per heavy atom. The van der Waals surface area contributed by atoms with Crippen molar-refractivity contribution in [2.45, 2.75) is 25.6 Å². The molecule has 1 aliphatic heterocycles. The number of amides is 1. The fourth-order valence-electron chi connectivity index (χ4n) is 1.60. The van der Waals surface area contributed by atoms with Gasteiger partial charge in [0.25, 0.3) is 0 Å². The number of likely N-dealkylation sites (N-methyl/N-ethyl adjacent to an activating group) is 1. The second-order valence-corrected chi connectivity index (χ2v) is 3.75. The van der Waals surface area contributed by atoms with E-state index >= 15 is 0 Å². The molecule has 5 heteroatoms. The van der Waals surface area contributed by atoms with Crippen LogP contribution in [0.4, 0.5) is 4.39 Å². The molecular formula is C10H19FN2O2. The third kappa shape index (κ3) is 3.76. The number of nitrogens with zero attached hydrogens (tertiary/aromatic N) is 1. The molecule has 1 aliphatic rings. The normalized spacial score (nSPS) is 25.5. The Bertz CT molecular complexity index is 214. The lowest BCUT2D eigenvalue weighted by Crippen LogP contribution is -2.42. The molecule has 0 aromatic heterocycles. The number of carbonyl (C=O) groups excluding carboxylic acids is 1. The maximum absolute atomic E-state index is 12.8. The maximum atomic E-state index is 12.8. The minimum atomic E-state index is -0.890. The second-order valence-electron chi connectivity index (χ2n) is 3.75. The van der Waals surface area contributed by atoms with Gasteiger partial charge in [0.15, 0.2) is 0 Å². The van der Waals surface area contributed by atoms with Crippen molar-refractivity contribution < 1.29 is 13.9 Å². The summed E-state index contributed by atoms with van der Waals surface area (Å²) in [5, 5.41) is 2.87.